The molecule has 4 heterocycles. The molecule has 2 aliphatic rings. The Morgan fingerprint density at radius 3 is 2.54 bits per heavy atom. The lowest BCUT2D eigenvalue weighted by atomic mass is 9.93. The first kappa shape index (κ1) is 24.0. The molecular formula is C27H31N3O3S2. The molecule has 6 nitrogen and oxygen atoms in total. The van der Waals surface area contributed by atoms with Crippen molar-refractivity contribution in [1.82, 2.24) is 14.7 Å². The standard InChI is InChI=1S/C27H31N3O3S2/c1-19-17-28(12-13-30(19)25(31)16-22-4-3-14-34-22)26(32)18-29-11-9-24-23(10-15-35-24)27(29)20-5-7-21(33-2)8-6-20/h3-8,10,14-15,19,27H,9,11-13,16-18H2,1-2H3/t19-,27+/m1/s1. The van der Waals surface area contributed by atoms with Crippen LogP contribution in [0.3, 0.4) is 0 Å². The van der Waals surface area contributed by atoms with E-state index in [2.05, 4.69) is 28.5 Å². The van der Waals surface area contributed by atoms with Gasteiger partial charge in [-0.2, -0.15) is 0 Å². The molecule has 0 unspecified atom stereocenters. The molecule has 2 aromatic heterocycles. The van der Waals surface area contributed by atoms with Crippen molar-refractivity contribution in [3.8, 4) is 5.75 Å². The Kier molecular flexibility index (Phi) is 7.22. The van der Waals surface area contributed by atoms with E-state index >= 15 is 0 Å². The molecular weight excluding hydrogens is 478 g/mol. The van der Waals surface area contributed by atoms with Crippen LogP contribution in [-0.2, 0) is 22.4 Å². The number of rotatable bonds is 6. The molecule has 2 aliphatic heterocycles. The summed E-state index contributed by atoms with van der Waals surface area (Å²) >= 11 is 3.41. The number of piperazine rings is 1. The molecule has 0 aliphatic carbocycles. The number of methoxy groups -OCH3 is 1. The molecule has 1 aromatic carbocycles. The Morgan fingerprint density at radius 2 is 1.83 bits per heavy atom. The minimum atomic E-state index is 0.0161. The third-order valence-corrected chi connectivity index (χ3v) is 8.91. The summed E-state index contributed by atoms with van der Waals surface area (Å²) in [5.74, 6) is 1.12. The van der Waals surface area contributed by atoms with Gasteiger partial charge in [-0.25, -0.2) is 0 Å². The van der Waals surface area contributed by atoms with E-state index in [-0.39, 0.29) is 23.9 Å². The number of fused-ring (bicyclic) bond motifs is 1. The number of thiophene rings is 2. The Bertz CT molecular complexity index is 1160. The van der Waals surface area contributed by atoms with E-state index in [0.717, 1.165) is 23.6 Å². The van der Waals surface area contributed by atoms with E-state index in [1.807, 2.05) is 46.4 Å². The van der Waals surface area contributed by atoms with Crippen molar-refractivity contribution in [3.63, 3.8) is 0 Å². The highest BCUT2D eigenvalue weighted by molar-refractivity contribution is 7.10. The van der Waals surface area contributed by atoms with Gasteiger partial charge in [0, 0.05) is 42.0 Å². The first-order valence-corrected chi connectivity index (χ1v) is 13.8. The van der Waals surface area contributed by atoms with Crippen LogP contribution in [0.4, 0.5) is 0 Å². The van der Waals surface area contributed by atoms with Crippen LogP contribution in [0.1, 0.15) is 33.8 Å². The molecule has 0 spiro atoms. The predicted molar refractivity (Wildman–Crippen MR) is 140 cm³/mol. The minimum absolute atomic E-state index is 0.0161. The van der Waals surface area contributed by atoms with E-state index in [9.17, 15) is 9.59 Å². The number of hydrogen-bond donors (Lipinski definition) is 0. The van der Waals surface area contributed by atoms with Gasteiger partial charge in [0.1, 0.15) is 5.75 Å². The summed E-state index contributed by atoms with van der Waals surface area (Å²) in [6.07, 6.45) is 1.41. The van der Waals surface area contributed by atoms with Gasteiger partial charge >= 0.3 is 0 Å². The third-order valence-electron chi connectivity index (χ3n) is 7.04. The molecule has 2 amide bonds. The van der Waals surface area contributed by atoms with Gasteiger partial charge in [0.25, 0.3) is 0 Å². The van der Waals surface area contributed by atoms with Crippen LogP contribution < -0.4 is 4.74 Å². The van der Waals surface area contributed by atoms with Gasteiger partial charge in [0.15, 0.2) is 0 Å². The summed E-state index contributed by atoms with van der Waals surface area (Å²) in [7, 11) is 1.67. The Labute approximate surface area is 214 Å². The normalized spacial score (nSPS) is 20.5. The number of carbonyl (C=O) groups is 2. The molecule has 0 radical (unpaired) electrons. The quantitative estimate of drug-likeness (QED) is 0.503. The molecule has 2 atom stereocenters. The minimum Gasteiger partial charge on any atom is -0.497 e. The third kappa shape index (κ3) is 5.15. The lowest BCUT2D eigenvalue weighted by molar-refractivity contribution is -0.143. The van der Waals surface area contributed by atoms with Crippen LogP contribution in [0, 0.1) is 0 Å². The van der Waals surface area contributed by atoms with Gasteiger partial charge in [0.2, 0.25) is 11.8 Å². The Balaban J connectivity index is 1.26. The van der Waals surface area contributed by atoms with Crippen molar-refractivity contribution >= 4 is 34.5 Å². The fourth-order valence-electron chi connectivity index (χ4n) is 5.21. The number of amides is 2. The molecule has 0 saturated carbocycles. The van der Waals surface area contributed by atoms with Gasteiger partial charge in [0.05, 0.1) is 26.1 Å². The molecule has 1 fully saturated rings. The van der Waals surface area contributed by atoms with E-state index in [1.54, 1.807) is 29.8 Å². The van der Waals surface area contributed by atoms with Crippen LogP contribution in [0.2, 0.25) is 0 Å². The number of ether oxygens (including phenoxy) is 1. The highest BCUT2D eigenvalue weighted by Gasteiger charge is 2.34. The SMILES string of the molecule is COc1ccc([C@H]2c3ccsc3CCN2CC(=O)N2CCN(C(=O)Cc3cccs3)[C@H](C)C2)cc1. The molecule has 0 bridgehead atoms. The van der Waals surface area contributed by atoms with Crippen molar-refractivity contribution in [1.29, 1.82) is 0 Å². The predicted octanol–water partition coefficient (Wildman–Crippen LogP) is 4.07. The fraction of sp³-hybridized carbons (Fsp3) is 0.407. The Morgan fingerprint density at radius 1 is 1.00 bits per heavy atom. The molecule has 0 N–H and O–H groups in total. The molecule has 8 heteroatoms. The van der Waals surface area contributed by atoms with Crippen LogP contribution in [0.15, 0.2) is 53.2 Å². The van der Waals surface area contributed by atoms with Gasteiger partial charge in [-0.1, -0.05) is 18.2 Å². The average molecular weight is 510 g/mol. The van der Waals surface area contributed by atoms with Gasteiger partial charge in [-0.15, -0.1) is 22.7 Å². The lowest BCUT2D eigenvalue weighted by Gasteiger charge is -2.42. The number of hydrogen-bond acceptors (Lipinski definition) is 6. The molecule has 5 rings (SSSR count). The van der Waals surface area contributed by atoms with Crippen molar-refractivity contribution in [2.75, 3.05) is 39.8 Å². The zero-order valence-electron chi connectivity index (χ0n) is 20.2. The second-order valence-corrected chi connectivity index (χ2v) is 11.3. The highest BCUT2D eigenvalue weighted by Crippen LogP contribution is 2.38. The topological polar surface area (TPSA) is 53.1 Å². The number of nitrogens with zero attached hydrogens (tertiary/aromatic N) is 3. The van der Waals surface area contributed by atoms with Crippen LogP contribution in [-0.4, -0.2) is 72.4 Å². The maximum atomic E-state index is 13.4. The van der Waals surface area contributed by atoms with E-state index in [0.29, 0.717) is 32.6 Å². The highest BCUT2D eigenvalue weighted by atomic mass is 32.1. The van der Waals surface area contributed by atoms with Crippen LogP contribution in [0.5, 0.6) is 5.75 Å². The average Bonchev–Trinajstić information content (AvgIpc) is 3.56. The second-order valence-electron chi connectivity index (χ2n) is 9.23. The van der Waals surface area contributed by atoms with E-state index in [4.69, 9.17) is 4.74 Å². The zero-order chi connectivity index (χ0) is 24.4. The monoisotopic (exact) mass is 509 g/mol. The fourth-order valence-corrected chi connectivity index (χ4v) is 6.81. The van der Waals surface area contributed by atoms with E-state index in [1.165, 1.54) is 16.0 Å². The molecule has 1 saturated heterocycles. The summed E-state index contributed by atoms with van der Waals surface area (Å²) in [5, 5.41) is 4.15. The molecule has 35 heavy (non-hydrogen) atoms. The van der Waals surface area contributed by atoms with Crippen LogP contribution >= 0.6 is 22.7 Å². The lowest BCUT2D eigenvalue weighted by Crippen LogP contribution is -2.57. The Hall–Kier alpha value is -2.68. The van der Waals surface area contributed by atoms with Gasteiger partial charge < -0.3 is 14.5 Å². The molecule has 184 valence electrons. The largest absolute Gasteiger partial charge is 0.497 e. The smallest absolute Gasteiger partial charge is 0.236 e. The second kappa shape index (κ2) is 10.5. The summed E-state index contributed by atoms with van der Waals surface area (Å²) in [6, 6.07) is 14.4. The van der Waals surface area contributed by atoms with Gasteiger partial charge in [-0.05, 0) is 59.5 Å². The first-order chi connectivity index (χ1) is 17.0. The summed E-state index contributed by atoms with van der Waals surface area (Å²) < 4.78 is 5.35. The summed E-state index contributed by atoms with van der Waals surface area (Å²) in [5.41, 5.74) is 2.48. The van der Waals surface area contributed by atoms with Crippen molar-refractivity contribution in [2.45, 2.75) is 31.8 Å². The van der Waals surface area contributed by atoms with Crippen LogP contribution in [0.25, 0.3) is 0 Å². The summed E-state index contributed by atoms with van der Waals surface area (Å²) in [6.45, 7) is 5.04. The first-order valence-electron chi connectivity index (χ1n) is 12.1. The van der Waals surface area contributed by atoms with Crippen molar-refractivity contribution in [2.24, 2.45) is 0 Å². The van der Waals surface area contributed by atoms with Gasteiger partial charge in [-0.3, -0.25) is 14.5 Å². The van der Waals surface area contributed by atoms with Crippen molar-refractivity contribution < 1.29 is 14.3 Å². The maximum absolute atomic E-state index is 13.4. The van der Waals surface area contributed by atoms with Crippen molar-refractivity contribution in [3.05, 3.63) is 74.1 Å². The number of carbonyl (C=O) groups excluding carboxylic acids is 2. The maximum Gasteiger partial charge on any atom is 0.236 e. The summed E-state index contributed by atoms with van der Waals surface area (Å²) in [4.78, 5) is 34.9. The zero-order valence-corrected chi connectivity index (χ0v) is 21.8. The molecule has 3 aromatic rings. The number of benzene rings is 1. The van der Waals surface area contributed by atoms with E-state index < -0.39 is 0 Å².